The number of ether oxygens (including phenoxy) is 2. The van der Waals surface area contributed by atoms with Crippen LogP contribution in [0.3, 0.4) is 0 Å². The number of nitrogens with zero attached hydrogens (tertiary/aromatic N) is 2. The molecule has 5 nitrogen and oxygen atoms in total. The number of hydrogen-bond donors (Lipinski definition) is 1. The van der Waals surface area contributed by atoms with Crippen LogP contribution in [0.4, 0.5) is 5.82 Å². The Labute approximate surface area is 111 Å². The molecule has 1 atom stereocenters. The van der Waals surface area contributed by atoms with Crippen LogP contribution in [0.25, 0.3) is 0 Å². The highest BCUT2D eigenvalue weighted by molar-refractivity contribution is 5.41. The minimum Gasteiger partial charge on any atom is -0.485 e. The molecule has 0 amide bonds. The van der Waals surface area contributed by atoms with Gasteiger partial charge in [-0.1, -0.05) is 12.1 Å². The summed E-state index contributed by atoms with van der Waals surface area (Å²) in [4.78, 5) is 8.84. The van der Waals surface area contributed by atoms with Gasteiger partial charge in [-0.3, -0.25) is 0 Å². The van der Waals surface area contributed by atoms with E-state index < -0.39 is 0 Å². The van der Waals surface area contributed by atoms with Crippen LogP contribution in [0.5, 0.6) is 11.5 Å². The molecule has 3 rings (SSSR count). The van der Waals surface area contributed by atoms with E-state index >= 15 is 0 Å². The van der Waals surface area contributed by atoms with Gasteiger partial charge < -0.3 is 14.8 Å². The summed E-state index contributed by atoms with van der Waals surface area (Å²) in [5.41, 5.74) is 0.900. The van der Waals surface area contributed by atoms with E-state index in [0.29, 0.717) is 12.4 Å². The summed E-state index contributed by atoms with van der Waals surface area (Å²) < 4.78 is 11.6. The van der Waals surface area contributed by atoms with Crippen molar-refractivity contribution in [3.63, 3.8) is 0 Å². The quantitative estimate of drug-likeness (QED) is 0.894. The standard InChI is InChI=1S/C14H15N3O2/c1-9-7-13(15-2)17-14(16-9)12-8-18-10-5-3-4-6-11(10)19-12/h3-7,12H,8H2,1-2H3,(H,15,16,17). The molecule has 0 aliphatic carbocycles. The Morgan fingerprint density at radius 2 is 2.00 bits per heavy atom. The number of aryl methyl sites for hydroxylation is 1. The van der Waals surface area contributed by atoms with Gasteiger partial charge in [0.05, 0.1) is 0 Å². The van der Waals surface area contributed by atoms with Gasteiger partial charge in [0.15, 0.2) is 23.4 Å². The first kappa shape index (κ1) is 11.8. The lowest BCUT2D eigenvalue weighted by Gasteiger charge is -2.25. The summed E-state index contributed by atoms with van der Waals surface area (Å²) in [6.45, 7) is 2.35. The molecule has 0 saturated carbocycles. The van der Waals surface area contributed by atoms with Crippen LogP contribution in [0.1, 0.15) is 17.6 Å². The van der Waals surface area contributed by atoms with Crippen LogP contribution in [-0.2, 0) is 0 Å². The van der Waals surface area contributed by atoms with Crippen LogP contribution in [-0.4, -0.2) is 23.6 Å². The highest BCUT2D eigenvalue weighted by atomic mass is 16.6. The number of rotatable bonds is 2. The molecule has 1 N–H and O–H groups in total. The average Bonchev–Trinajstić information content (AvgIpc) is 2.46. The third-order valence-electron chi connectivity index (χ3n) is 2.92. The van der Waals surface area contributed by atoms with E-state index in [0.717, 1.165) is 23.0 Å². The fourth-order valence-electron chi connectivity index (χ4n) is 2.01. The summed E-state index contributed by atoms with van der Waals surface area (Å²) in [5, 5.41) is 3.02. The largest absolute Gasteiger partial charge is 0.485 e. The van der Waals surface area contributed by atoms with Crippen molar-refractivity contribution in [2.75, 3.05) is 19.0 Å². The van der Waals surface area contributed by atoms with Gasteiger partial charge >= 0.3 is 0 Å². The molecule has 2 heterocycles. The Balaban J connectivity index is 1.90. The third kappa shape index (κ3) is 2.31. The Morgan fingerprint density at radius 3 is 2.79 bits per heavy atom. The van der Waals surface area contributed by atoms with Gasteiger partial charge in [-0.2, -0.15) is 0 Å². The maximum Gasteiger partial charge on any atom is 0.192 e. The number of benzene rings is 1. The molecule has 5 heteroatoms. The van der Waals surface area contributed by atoms with Gasteiger partial charge in [0.25, 0.3) is 0 Å². The zero-order valence-electron chi connectivity index (χ0n) is 10.9. The normalized spacial score (nSPS) is 17.1. The van der Waals surface area contributed by atoms with Crippen LogP contribution in [0, 0.1) is 6.92 Å². The second kappa shape index (κ2) is 4.76. The number of fused-ring (bicyclic) bond motifs is 1. The minimum absolute atomic E-state index is 0.276. The van der Waals surface area contributed by atoms with E-state index in [2.05, 4.69) is 15.3 Å². The maximum atomic E-state index is 5.89. The summed E-state index contributed by atoms with van der Waals surface area (Å²) in [5.74, 6) is 2.92. The van der Waals surface area contributed by atoms with Crippen molar-refractivity contribution in [3.05, 3.63) is 41.9 Å². The molecule has 1 unspecified atom stereocenters. The Morgan fingerprint density at radius 1 is 1.21 bits per heavy atom. The topological polar surface area (TPSA) is 56.3 Å². The van der Waals surface area contributed by atoms with Crippen LogP contribution in [0.15, 0.2) is 30.3 Å². The average molecular weight is 257 g/mol. The molecule has 1 aliphatic heterocycles. The molecule has 0 bridgehead atoms. The fourth-order valence-corrected chi connectivity index (χ4v) is 2.01. The number of para-hydroxylation sites is 2. The van der Waals surface area contributed by atoms with Crippen molar-refractivity contribution in [1.29, 1.82) is 0 Å². The lowest BCUT2D eigenvalue weighted by Crippen LogP contribution is -2.24. The van der Waals surface area contributed by atoms with Crippen LogP contribution in [0.2, 0.25) is 0 Å². The number of hydrogen-bond acceptors (Lipinski definition) is 5. The third-order valence-corrected chi connectivity index (χ3v) is 2.92. The molecule has 1 aliphatic rings. The number of aromatic nitrogens is 2. The van der Waals surface area contributed by atoms with Gasteiger partial charge in [-0.15, -0.1) is 0 Å². The molecule has 98 valence electrons. The molecule has 0 fully saturated rings. The zero-order valence-corrected chi connectivity index (χ0v) is 10.9. The Hall–Kier alpha value is -2.30. The van der Waals surface area contributed by atoms with Crippen molar-refractivity contribution >= 4 is 5.82 Å². The predicted octanol–water partition coefficient (Wildman–Crippen LogP) is 2.34. The zero-order chi connectivity index (χ0) is 13.2. The first-order chi connectivity index (χ1) is 9.26. The first-order valence-corrected chi connectivity index (χ1v) is 6.18. The highest BCUT2D eigenvalue weighted by Crippen LogP contribution is 2.35. The van der Waals surface area contributed by atoms with Gasteiger partial charge in [-0.25, -0.2) is 9.97 Å². The van der Waals surface area contributed by atoms with E-state index in [1.54, 1.807) is 0 Å². The second-order valence-electron chi connectivity index (χ2n) is 4.37. The van der Waals surface area contributed by atoms with Gasteiger partial charge in [0, 0.05) is 18.8 Å². The summed E-state index contributed by atoms with van der Waals surface area (Å²) in [6.07, 6.45) is -0.276. The van der Waals surface area contributed by atoms with Gasteiger partial charge in [0.1, 0.15) is 12.4 Å². The molecule has 0 saturated heterocycles. The van der Waals surface area contributed by atoms with Crippen LogP contribution < -0.4 is 14.8 Å². The van der Waals surface area contributed by atoms with Gasteiger partial charge in [0.2, 0.25) is 0 Å². The van der Waals surface area contributed by atoms with E-state index in [1.165, 1.54) is 0 Å². The number of nitrogens with one attached hydrogen (secondary N) is 1. The Kier molecular flexibility index (Phi) is 2.95. The molecular weight excluding hydrogens is 242 g/mol. The monoisotopic (exact) mass is 257 g/mol. The number of anilines is 1. The van der Waals surface area contributed by atoms with Gasteiger partial charge in [-0.05, 0) is 19.1 Å². The second-order valence-corrected chi connectivity index (χ2v) is 4.37. The van der Waals surface area contributed by atoms with E-state index in [9.17, 15) is 0 Å². The molecule has 19 heavy (non-hydrogen) atoms. The molecule has 1 aromatic heterocycles. The van der Waals surface area contributed by atoms with Crippen molar-refractivity contribution in [3.8, 4) is 11.5 Å². The molecule has 0 radical (unpaired) electrons. The summed E-state index contributed by atoms with van der Waals surface area (Å²) >= 11 is 0. The van der Waals surface area contributed by atoms with E-state index in [4.69, 9.17) is 9.47 Å². The van der Waals surface area contributed by atoms with Crippen molar-refractivity contribution < 1.29 is 9.47 Å². The maximum absolute atomic E-state index is 5.89. The molecule has 0 spiro atoms. The lowest BCUT2D eigenvalue weighted by atomic mass is 10.2. The predicted molar refractivity (Wildman–Crippen MR) is 71.6 cm³/mol. The Bertz CT molecular complexity index is 601. The summed E-state index contributed by atoms with van der Waals surface area (Å²) in [7, 11) is 1.83. The lowest BCUT2D eigenvalue weighted by molar-refractivity contribution is 0.0850. The molecule has 2 aromatic rings. The van der Waals surface area contributed by atoms with E-state index in [-0.39, 0.29) is 6.10 Å². The first-order valence-electron chi connectivity index (χ1n) is 6.18. The van der Waals surface area contributed by atoms with Crippen molar-refractivity contribution in [2.45, 2.75) is 13.0 Å². The molecular formula is C14H15N3O2. The molecule has 1 aromatic carbocycles. The van der Waals surface area contributed by atoms with Crippen molar-refractivity contribution in [2.24, 2.45) is 0 Å². The fraction of sp³-hybridized carbons (Fsp3) is 0.286. The van der Waals surface area contributed by atoms with E-state index in [1.807, 2.05) is 44.3 Å². The highest BCUT2D eigenvalue weighted by Gasteiger charge is 2.25. The van der Waals surface area contributed by atoms with Crippen molar-refractivity contribution in [1.82, 2.24) is 9.97 Å². The smallest absolute Gasteiger partial charge is 0.192 e. The minimum atomic E-state index is -0.276. The van der Waals surface area contributed by atoms with Crippen LogP contribution >= 0.6 is 0 Å². The summed E-state index contributed by atoms with van der Waals surface area (Å²) in [6, 6.07) is 9.50. The SMILES string of the molecule is CNc1cc(C)nc(C2COc3ccccc3O2)n1.